The number of likely N-dealkylation sites (N-methyl/N-ethyl adjacent to an activating group) is 1. The number of carboxylic acid groups (broad SMARTS) is 1. The van der Waals surface area contributed by atoms with Crippen LogP contribution in [0.2, 0.25) is 0 Å². The molecule has 98 valence electrons. The Labute approximate surface area is 104 Å². The summed E-state index contributed by atoms with van der Waals surface area (Å²) < 4.78 is 0. The highest BCUT2D eigenvalue weighted by atomic mass is 32.2. The van der Waals surface area contributed by atoms with Crippen LogP contribution < -0.4 is 0 Å². The molecule has 0 aliphatic carbocycles. The van der Waals surface area contributed by atoms with Crippen molar-refractivity contribution in [1.29, 1.82) is 0 Å². The summed E-state index contributed by atoms with van der Waals surface area (Å²) in [6, 6.07) is 0. The van der Waals surface area contributed by atoms with Crippen molar-refractivity contribution in [3.8, 4) is 0 Å². The zero-order valence-electron chi connectivity index (χ0n) is 9.76. The van der Waals surface area contributed by atoms with Gasteiger partial charge in [-0.25, -0.2) is 9.78 Å². The Morgan fingerprint density at radius 2 is 2.24 bits per heavy atom. The van der Waals surface area contributed by atoms with Crippen LogP contribution in [0.5, 0.6) is 0 Å². The number of carbonyl (C=O) groups is 2. The summed E-state index contributed by atoms with van der Waals surface area (Å²) in [5.74, 6) is -0.462. The van der Waals surface area contributed by atoms with Crippen LogP contribution in [0.25, 0.3) is 0 Å². The molecule has 1 heterocycles. The molecule has 1 aliphatic heterocycles. The Kier molecular flexibility index (Phi) is 6.31. The number of thioether (sulfide) groups is 1. The summed E-state index contributed by atoms with van der Waals surface area (Å²) in [5, 5.41) is 8.89. The minimum Gasteiger partial charge on any atom is -0.480 e. The molecular weight excluding hydrogens is 246 g/mol. The molecule has 1 rings (SSSR count). The number of aliphatic carboxylic acids is 1. The lowest BCUT2D eigenvalue weighted by molar-refractivity contribution is -0.310. The molecule has 1 atom stereocenters. The first kappa shape index (κ1) is 14.3. The van der Waals surface area contributed by atoms with Crippen LogP contribution in [0.4, 0.5) is 0 Å². The molecule has 1 N–H and O–H groups in total. The van der Waals surface area contributed by atoms with Gasteiger partial charge in [-0.05, 0) is 6.42 Å². The van der Waals surface area contributed by atoms with Crippen LogP contribution in [0, 0.1) is 0 Å². The molecule has 0 spiro atoms. The van der Waals surface area contributed by atoms with Gasteiger partial charge in [0.2, 0.25) is 5.91 Å². The van der Waals surface area contributed by atoms with E-state index in [1.54, 1.807) is 11.8 Å². The smallest absolute Gasteiger partial charge is 0.323 e. The summed E-state index contributed by atoms with van der Waals surface area (Å²) >= 11 is 1.66. The Bertz CT molecular complexity index is 267. The molecule has 0 bridgehead atoms. The van der Waals surface area contributed by atoms with Gasteiger partial charge in [-0.3, -0.25) is 9.59 Å². The van der Waals surface area contributed by atoms with Gasteiger partial charge in [0.25, 0.3) is 0 Å². The van der Waals surface area contributed by atoms with Gasteiger partial charge in [0.1, 0.15) is 6.54 Å². The highest BCUT2D eigenvalue weighted by Gasteiger charge is 2.17. The van der Waals surface area contributed by atoms with Crippen molar-refractivity contribution < 1.29 is 24.5 Å². The molecule has 1 saturated heterocycles. The number of hydrogen-bond acceptors (Lipinski definition) is 5. The Morgan fingerprint density at radius 1 is 1.47 bits per heavy atom. The van der Waals surface area contributed by atoms with E-state index < -0.39 is 5.97 Å². The number of rotatable bonds is 6. The van der Waals surface area contributed by atoms with E-state index in [1.807, 2.05) is 0 Å². The second kappa shape index (κ2) is 7.52. The number of carboxylic acids is 1. The van der Waals surface area contributed by atoms with Crippen molar-refractivity contribution in [3.63, 3.8) is 0 Å². The first-order valence-corrected chi connectivity index (χ1v) is 6.46. The molecule has 6 nitrogen and oxygen atoms in total. The minimum absolute atomic E-state index is 0.145. The SMILES string of the molecule is CN(CC(=O)O)C(=O)CCSC1CCOOC1. The summed E-state index contributed by atoms with van der Waals surface area (Å²) in [6.45, 7) is 0.887. The topological polar surface area (TPSA) is 76.1 Å². The Morgan fingerprint density at radius 3 is 2.82 bits per heavy atom. The van der Waals surface area contributed by atoms with Crippen molar-refractivity contribution in [1.82, 2.24) is 4.90 Å². The second-order valence-electron chi connectivity index (χ2n) is 3.78. The maximum Gasteiger partial charge on any atom is 0.323 e. The monoisotopic (exact) mass is 263 g/mol. The fourth-order valence-corrected chi connectivity index (χ4v) is 2.41. The highest BCUT2D eigenvalue weighted by molar-refractivity contribution is 7.99. The van der Waals surface area contributed by atoms with E-state index in [1.165, 1.54) is 11.9 Å². The maximum atomic E-state index is 11.5. The quantitative estimate of drug-likeness (QED) is 0.698. The third-order valence-corrected chi connectivity index (χ3v) is 3.61. The first-order valence-electron chi connectivity index (χ1n) is 5.41. The average Bonchev–Trinajstić information content (AvgIpc) is 2.29. The molecule has 0 aromatic rings. The van der Waals surface area contributed by atoms with Crippen LogP contribution >= 0.6 is 11.8 Å². The van der Waals surface area contributed by atoms with Crippen molar-refractivity contribution in [3.05, 3.63) is 0 Å². The summed E-state index contributed by atoms with van der Waals surface area (Å²) in [7, 11) is 1.50. The van der Waals surface area contributed by atoms with Crippen LogP contribution in [-0.4, -0.2) is 59.7 Å². The molecule has 1 unspecified atom stereocenters. The lowest BCUT2D eigenvalue weighted by Gasteiger charge is -2.21. The van der Waals surface area contributed by atoms with Gasteiger partial charge in [-0.2, -0.15) is 11.8 Å². The second-order valence-corrected chi connectivity index (χ2v) is 5.19. The molecule has 17 heavy (non-hydrogen) atoms. The van der Waals surface area contributed by atoms with E-state index in [2.05, 4.69) is 0 Å². The normalized spacial score (nSPS) is 19.9. The average molecular weight is 263 g/mol. The van der Waals surface area contributed by atoms with Crippen molar-refractivity contribution in [2.24, 2.45) is 0 Å². The lowest BCUT2D eigenvalue weighted by atomic mass is 10.3. The molecule has 1 amide bonds. The summed E-state index contributed by atoms with van der Waals surface area (Å²) in [6.07, 6.45) is 1.27. The predicted molar refractivity (Wildman–Crippen MR) is 62.7 cm³/mol. The Balaban J connectivity index is 2.12. The van der Waals surface area contributed by atoms with Gasteiger partial charge in [0.15, 0.2) is 0 Å². The van der Waals surface area contributed by atoms with E-state index in [-0.39, 0.29) is 12.5 Å². The van der Waals surface area contributed by atoms with Gasteiger partial charge in [-0.1, -0.05) is 0 Å². The fraction of sp³-hybridized carbons (Fsp3) is 0.800. The van der Waals surface area contributed by atoms with Gasteiger partial charge in [-0.15, -0.1) is 0 Å². The van der Waals surface area contributed by atoms with E-state index in [0.29, 0.717) is 30.6 Å². The van der Waals surface area contributed by atoms with Crippen molar-refractivity contribution in [2.45, 2.75) is 18.1 Å². The molecule has 0 aromatic heterocycles. The van der Waals surface area contributed by atoms with Crippen LogP contribution in [0.3, 0.4) is 0 Å². The number of amides is 1. The van der Waals surface area contributed by atoms with Gasteiger partial charge >= 0.3 is 5.97 Å². The van der Waals surface area contributed by atoms with Gasteiger partial charge in [0.05, 0.1) is 13.2 Å². The van der Waals surface area contributed by atoms with Gasteiger partial charge in [0, 0.05) is 24.5 Å². The third-order valence-electron chi connectivity index (χ3n) is 2.33. The van der Waals surface area contributed by atoms with Crippen LogP contribution in [0.15, 0.2) is 0 Å². The van der Waals surface area contributed by atoms with Crippen molar-refractivity contribution >= 4 is 23.6 Å². The molecule has 0 aromatic carbocycles. The Hall–Kier alpha value is -0.790. The highest BCUT2D eigenvalue weighted by Crippen LogP contribution is 2.19. The van der Waals surface area contributed by atoms with E-state index >= 15 is 0 Å². The predicted octanol–water partition coefficient (Wildman–Crippen LogP) is 0.373. The van der Waals surface area contributed by atoms with Crippen LogP contribution in [-0.2, 0) is 19.4 Å². The molecule has 0 radical (unpaired) electrons. The third kappa shape index (κ3) is 5.90. The van der Waals surface area contributed by atoms with E-state index in [4.69, 9.17) is 14.9 Å². The minimum atomic E-state index is -0.994. The molecule has 1 aliphatic rings. The van der Waals surface area contributed by atoms with Crippen LogP contribution in [0.1, 0.15) is 12.8 Å². The fourth-order valence-electron chi connectivity index (χ4n) is 1.37. The van der Waals surface area contributed by atoms with Crippen molar-refractivity contribution in [2.75, 3.05) is 32.6 Å². The van der Waals surface area contributed by atoms with Gasteiger partial charge < -0.3 is 10.0 Å². The largest absolute Gasteiger partial charge is 0.480 e. The number of hydrogen-bond donors (Lipinski definition) is 1. The van der Waals surface area contributed by atoms with E-state index in [0.717, 1.165) is 6.42 Å². The maximum absolute atomic E-state index is 11.5. The number of nitrogens with zero attached hydrogens (tertiary/aromatic N) is 1. The number of carbonyl (C=O) groups excluding carboxylic acids is 1. The molecular formula is C10H17NO5S. The standard InChI is InChI=1S/C10H17NO5S/c1-11(6-10(13)14)9(12)3-5-17-8-2-4-15-16-7-8/h8H,2-7H2,1H3,(H,13,14). The molecule has 1 fully saturated rings. The summed E-state index contributed by atoms with van der Waals surface area (Å²) in [5.41, 5.74) is 0. The molecule has 7 heteroatoms. The first-order chi connectivity index (χ1) is 8.09. The zero-order chi connectivity index (χ0) is 12.7. The lowest BCUT2D eigenvalue weighted by Crippen LogP contribution is -2.32. The van der Waals surface area contributed by atoms with E-state index in [9.17, 15) is 9.59 Å². The zero-order valence-corrected chi connectivity index (χ0v) is 10.6. The molecule has 0 saturated carbocycles. The summed E-state index contributed by atoms with van der Waals surface area (Å²) in [4.78, 5) is 32.7.